The molecule has 0 unspecified atom stereocenters. The van der Waals surface area contributed by atoms with E-state index in [1.54, 1.807) is 42.2 Å². The molecule has 0 saturated carbocycles. The van der Waals surface area contributed by atoms with Crippen molar-refractivity contribution in [2.45, 2.75) is 0 Å². The van der Waals surface area contributed by atoms with Crippen molar-refractivity contribution in [3.8, 4) is 0 Å². The number of carbonyl (C=O) groups is 1. The van der Waals surface area contributed by atoms with Crippen molar-refractivity contribution >= 4 is 39.3 Å². The Morgan fingerprint density at radius 2 is 2.24 bits per heavy atom. The number of nitrogens with one attached hydrogen (secondary N) is 1. The monoisotopic (exact) mass is 313 g/mol. The summed E-state index contributed by atoms with van der Waals surface area (Å²) < 4.78 is 2.31. The lowest BCUT2D eigenvalue weighted by atomic mass is 10.2. The summed E-state index contributed by atoms with van der Waals surface area (Å²) in [7, 11) is 1.79. The minimum atomic E-state index is -0.221. The van der Waals surface area contributed by atoms with Crippen molar-refractivity contribution in [2.24, 2.45) is 7.05 Å². The number of nitrogens with zero attached hydrogens (tertiary/aromatic N) is 2. The summed E-state index contributed by atoms with van der Waals surface area (Å²) >= 11 is 9.13. The van der Waals surface area contributed by atoms with Gasteiger partial charge in [-0.1, -0.05) is 11.6 Å². The summed E-state index contributed by atoms with van der Waals surface area (Å²) in [5, 5.41) is 7.32. The highest BCUT2D eigenvalue weighted by Gasteiger charge is 2.09. The number of rotatable bonds is 2. The number of aryl methyl sites for hydroxylation is 1. The Balaban J connectivity index is 2.17. The van der Waals surface area contributed by atoms with Gasteiger partial charge in [-0.2, -0.15) is 5.10 Å². The zero-order valence-corrected chi connectivity index (χ0v) is 11.3. The van der Waals surface area contributed by atoms with Gasteiger partial charge >= 0.3 is 0 Å². The molecule has 1 heterocycles. The van der Waals surface area contributed by atoms with E-state index in [9.17, 15) is 4.79 Å². The molecule has 0 aliphatic heterocycles. The second-order valence-corrected chi connectivity index (χ2v) is 4.72. The van der Waals surface area contributed by atoms with Crippen LogP contribution in [0, 0.1) is 0 Å². The number of amides is 1. The molecule has 0 spiro atoms. The minimum absolute atomic E-state index is 0.221. The first-order valence-corrected chi connectivity index (χ1v) is 5.99. The van der Waals surface area contributed by atoms with Gasteiger partial charge in [-0.25, -0.2) is 0 Å². The fourth-order valence-corrected chi connectivity index (χ4v) is 1.80. The highest BCUT2D eigenvalue weighted by molar-refractivity contribution is 9.10. The Kier molecular flexibility index (Phi) is 3.49. The van der Waals surface area contributed by atoms with Crippen molar-refractivity contribution in [1.82, 2.24) is 9.78 Å². The topological polar surface area (TPSA) is 46.9 Å². The summed E-state index contributed by atoms with van der Waals surface area (Å²) in [4.78, 5) is 11.9. The van der Waals surface area contributed by atoms with Crippen molar-refractivity contribution in [1.29, 1.82) is 0 Å². The number of hydrogen-bond acceptors (Lipinski definition) is 2. The van der Waals surface area contributed by atoms with Gasteiger partial charge in [-0.05, 0) is 34.1 Å². The van der Waals surface area contributed by atoms with Crippen LogP contribution in [0.1, 0.15) is 10.4 Å². The van der Waals surface area contributed by atoms with Crippen LogP contribution in [0.5, 0.6) is 0 Å². The lowest BCUT2D eigenvalue weighted by molar-refractivity contribution is 0.102. The molecule has 1 aromatic heterocycles. The molecule has 2 aromatic rings. The second kappa shape index (κ2) is 4.89. The maximum atomic E-state index is 11.9. The van der Waals surface area contributed by atoms with Gasteiger partial charge in [0.05, 0.1) is 5.02 Å². The highest BCUT2D eigenvalue weighted by atomic mass is 79.9. The number of aromatic nitrogens is 2. The lowest BCUT2D eigenvalue weighted by Gasteiger charge is -2.03. The quantitative estimate of drug-likeness (QED) is 0.926. The summed E-state index contributed by atoms with van der Waals surface area (Å²) in [6.45, 7) is 0. The van der Waals surface area contributed by atoms with Gasteiger partial charge < -0.3 is 5.32 Å². The Bertz CT molecular complexity index is 568. The van der Waals surface area contributed by atoms with Gasteiger partial charge in [0, 0.05) is 29.3 Å². The smallest absolute Gasteiger partial charge is 0.256 e. The average molecular weight is 315 g/mol. The highest BCUT2D eigenvalue weighted by Crippen LogP contribution is 2.23. The first-order chi connectivity index (χ1) is 8.06. The summed E-state index contributed by atoms with van der Waals surface area (Å²) in [5.41, 5.74) is 0.520. The molecular weight excluding hydrogens is 305 g/mol. The molecule has 17 heavy (non-hydrogen) atoms. The van der Waals surface area contributed by atoms with Gasteiger partial charge in [-0.15, -0.1) is 0 Å². The van der Waals surface area contributed by atoms with Crippen LogP contribution in [0.3, 0.4) is 0 Å². The molecule has 0 atom stereocenters. The standard InChI is InChI=1S/C11H9BrClN3O/c1-16-5-4-10(15-16)14-11(17)7-2-3-9(13)8(12)6-7/h2-6H,1H3,(H,14,15,17). The molecule has 88 valence electrons. The number of anilines is 1. The normalized spacial score (nSPS) is 10.3. The third-order valence-corrected chi connectivity index (χ3v) is 3.35. The molecule has 0 radical (unpaired) electrons. The van der Waals surface area contributed by atoms with E-state index in [1.165, 1.54) is 0 Å². The maximum Gasteiger partial charge on any atom is 0.256 e. The van der Waals surface area contributed by atoms with Crippen LogP contribution in [-0.4, -0.2) is 15.7 Å². The summed E-state index contributed by atoms with van der Waals surface area (Å²) in [5.74, 6) is 0.296. The molecule has 4 nitrogen and oxygen atoms in total. The van der Waals surface area contributed by atoms with Crippen molar-refractivity contribution in [2.75, 3.05) is 5.32 Å². The van der Waals surface area contributed by atoms with Gasteiger partial charge in [0.2, 0.25) is 0 Å². The van der Waals surface area contributed by atoms with Crippen LogP contribution in [-0.2, 0) is 7.05 Å². The van der Waals surface area contributed by atoms with E-state index in [2.05, 4.69) is 26.3 Å². The number of carbonyl (C=O) groups excluding carboxylic acids is 1. The molecule has 2 rings (SSSR count). The third-order valence-electron chi connectivity index (χ3n) is 2.14. The van der Waals surface area contributed by atoms with Crippen LogP contribution in [0.15, 0.2) is 34.9 Å². The van der Waals surface area contributed by atoms with Gasteiger partial charge in [0.1, 0.15) is 0 Å². The van der Waals surface area contributed by atoms with Crippen LogP contribution < -0.4 is 5.32 Å². The number of halogens is 2. The van der Waals surface area contributed by atoms with E-state index in [0.717, 1.165) is 0 Å². The molecule has 0 aliphatic rings. The zero-order valence-electron chi connectivity index (χ0n) is 8.95. The van der Waals surface area contributed by atoms with Crippen LogP contribution >= 0.6 is 27.5 Å². The minimum Gasteiger partial charge on any atom is -0.305 e. The first-order valence-electron chi connectivity index (χ1n) is 4.82. The number of benzene rings is 1. The predicted octanol–water partition coefficient (Wildman–Crippen LogP) is 3.09. The molecule has 1 amide bonds. The molecule has 1 N–H and O–H groups in total. The molecular formula is C11H9BrClN3O. The summed E-state index contributed by atoms with van der Waals surface area (Å²) in [6, 6.07) is 6.72. The first kappa shape index (κ1) is 12.1. The van der Waals surface area contributed by atoms with Crippen LogP contribution in [0.25, 0.3) is 0 Å². The van der Waals surface area contributed by atoms with Gasteiger partial charge in [0.15, 0.2) is 5.82 Å². The third kappa shape index (κ3) is 2.87. The Morgan fingerprint density at radius 1 is 1.47 bits per heavy atom. The van der Waals surface area contributed by atoms with Crippen LogP contribution in [0.2, 0.25) is 5.02 Å². The fraction of sp³-hybridized carbons (Fsp3) is 0.0909. The summed E-state index contributed by atoms with van der Waals surface area (Å²) in [6.07, 6.45) is 1.76. The van der Waals surface area contributed by atoms with Crippen molar-refractivity contribution in [3.05, 3.63) is 45.5 Å². The van der Waals surface area contributed by atoms with Crippen molar-refractivity contribution in [3.63, 3.8) is 0 Å². The van der Waals surface area contributed by atoms with E-state index in [0.29, 0.717) is 20.9 Å². The van der Waals surface area contributed by atoms with Crippen molar-refractivity contribution < 1.29 is 4.79 Å². The van der Waals surface area contributed by atoms with Crippen LogP contribution in [0.4, 0.5) is 5.82 Å². The molecule has 0 saturated heterocycles. The fourth-order valence-electron chi connectivity index (χ4n) is 1.31. The van der Waals surface area contributed by atoms with E-state index >= 15 is 0 Å². The van der Waals surface area contributed by atoms with E-state index < -0.39 is 0 Å². The van der Waals surface area contributed by atoms with Gasteiger partial charge in [-0.3, -0.25) is 9.48 Å². The lowest BCUT2D eigenvalue weighted by Crippen LogP contribution is -2.12. The van der Waals surface area contributed by atoms with E-state index in [1.807, 2.05) is 0 Å². The molecule has 0 aliphatic carbocycles. The Hall–Kier alpha value is -1.33. The average Bonchev–Trinajstić information content (AvgIpc) is 2.68. The Labute approximate surface area is 112 Å². The maximum absolute atomic E-state index is 11.9. The van der Waals surface area contributed by atoms with E-state index in [-0.39, 0.29) is 5.91 Å². The number of hydrogen-bond donors (Lipinski definition) is 1. The predicted molar refractivity (Wildman–Crippen MR) is 70.3 cm³/mol. The van der Waals surface area contributed by atoms with E-state index in [4.69, 9.17) is 11.6 Å². The molecule has 1 aromatic carbocycles. The second-order valence-electron chi connectivity index (χ2n) is 3.46. The van der Waals surface area contributed by atoms with Gasteiger partial charge in [0.25, 0.3) is 5.91 Å². The molecule has 6 heteroatoms. The molecule has 0 bridgehead atoms. The molecule has 0 fully saturated rings. The zero-order chi connectivity index (χ0) is 12.4. The Morgan fingerprint density at radius 3 is 2.82 bits per heavy atom. The SMILES string of the molecule is Cn1ccc(NC(=O)c2ccc(Cl)c(Br)c2)n1. The largest absolute Gasteiger partial charge is 0.305 e.